The summed E-state index contributed by atoms with van der Waals surface area (Å²) in [6.45, 7) is 6.59. The van der Waals surface area contributed by atoms with Crippen LogP contribution < -0.4 is 5.32 Å². The standard InChI is InChI=1S/C16H26N2O2S/c1-12-6-7-13(2)14(8-12)21-9-15(19)17-10-16(3,20)11-18(4)5/h6-8,20H,9-11H2,1-5H3,(H,17,19). The van der Waals surface area contributed by atoms with Crippen LogP contribution in [-0.4, -0.2) is 54.5 Å². The number of carbonyl (C=O) groups excluding carboxylic acids is 1. The van der Waals surface area contributed by atoms with Crippen LogP contribution in [0.25, 0.3) is 0 Å². The number of likely N-dealkylation sites (N-methyl/N-ethyl adjacent to an activating group) is 1. The van der Waals surface area contributed by atoms with Gasteiger partial charge in [-0.05, 0) is 46.5 Å². The van der Waals surface area contributed by atoms with Crippen LogP contribution in [0, 0.1) is 13.8 Å². The highest BCUT2D eigenvalue weighted by atomic mass is 32.2. The van der Waals surface area contributed by atoms with Gasteiger partial charge in [-0.3, -0.25) is 4.79 Å². The second-order valence-electron chi connectivity index (χ2n) is 6.07. The Hall–Kier alpha value is -1.04. The number of benzene rings is 1. The second-order valence-corrected chi connectivity index (χ2v) is 7.09. The van der Waals surface area contributed by atoms with Crippen molar-refractivity contribution >= 4 is 17.7 Å². The smallest absolute Gasteiger partial charge is 0.230 e. The van der Waals surface area contributed by atoms with Gasteiger partial charge in [0.05, 0.1) is 11.4 Å². The van der Waals surface area contributed by atoms with E-state index in [1.807, 2.05) is 32.8 Å². The lowest BCUT2D eigenvalue weighted by Gasteiger charge is -2.27. The van der Waals surface area contributed by atoms with Crippen LogP contribution in [0.2, 0.25) is 0 Å². The van der Waals surface area contributed by atoms with Crippen molar-refractivity contribution in [1.82, 2.24) is 10.2 Å². The fraction of sp³-hybridized carbons (Fsp3) is 0.562. The van der Waals surface area contributed by atoms with Gasteiger partial charge in [-0.15, -0.1) is 11.8 Å². The minimum Gasteiger partial charge on any atom is -0.387 e. The molecule has 0 bridgehead atoms. The molecule has 21 heavy (non-hydrogen) atoms. The Balaban J connectivity index is 2.42. The van der Waals surface area contributed by atoms with E-state index in [0.717, 1.165) is 4.90 Å². The Bertz CT molecular complexity index is 487. The van der Waals surface area contributed by atoms with Gasteiger partial charge >= 0.3 is 0 Å². The Morgan fingerprint density at radius 3 is 2.67 bits per heavy atom. The molecular weight excluding hydrogens is 284 g/mol. The number of rotatable bonds is 7. The summed E-state index contributed by atoms with van der Waals surface area (Å²) in [6.07, 6.45) is 0. The van der Waals surface area contributed by atoms with E-state index in [2.05, 4.69) is 23.5 Å². The Morgan fingerprint density at radius 1 is 1.38 bits per heavy atom. The predicted molar refractivity (Wildman–Crippen MR) is 88.8 cm³/mol. The van der Waals surface area contributed by atoms with Crippen LogP contribution in [0.3, 0.4) is 0 Å². The summed E-state index contributed by atoms with van der Waals surface area (Å²) in [4.78, 5) is 14.9. The van der Waals surface area contributed by atoms with E-state index in [0.29, 0.717) is 12.3 Å². The van der Waals surface area contributed by atoms with Crippen LogP contribution in [0.4, 0.5) is 0 Å². The van der Waals surface area contributed by atoms with Crippen molar-refractivity contribution in [2.75, 3.05) is 32.9 Å². The number of amides is 1. The van der Waals surface area contributed by atoms with E-state index < -0.39 is 5.60 Å². The minimum absolute atomic E-state index is 0.0556. The van der Waals surface area contributed by atoms with Gasteiger partial charge in [-0.2, -0.15) is 0 Å². The van der Waals surface area contributed by atoms with Crippen molar-refractivity contribution in [2.45, 2.75) is 31.3 Å². The van der Waals surface area contributed by atoms with Gasteiger partial charge in [-0.1, -0.05) is 17.7 Å². The van der Waals surface area contributed by atoms with Gasteiger partial charge in [0.1, 0.15) is 0 Å². The molecule has 2 N–H and O–H groups in total. The molecule has 0 aliphatic carbocycles. The van der Waals surface area contributed by atoms with Crippen molar-refractivity contribution in [2.24, 2.45) is 0 Å². The van der Waals surface area contributed by atoms with Gasteiger partial charge in [0.15, 0.2) is 0 Å². The monoisotopic (exact) mass is 310 g/mol. The number of thioether (sulfide) groups is 1. The fourth-order valence-corrected chi connectivity index (χ4v) is 3.04. The third kappa shape index (κ3) is 6.98. The number of hydrogen-bond donors (Lipinski definition) is 2. The lowest BCUT2D eigenvalue weighted by atomic mass is 10.1. The van der Waals surface area contributed by atoms with Gasteiger partial charge in [0, 0.05) is 18.0 Å². The number of carbonyl (C=O) groups is 1. The second kappa shape index (κ2) is 7.82. The first-order chi connectivity index (χ1) is 9.69. The normalized spacial score (nSPS) is 14.0. The summed E-state index contributed by atoms with van der Waals surface area (Å²) in [5.74, 6) is 0.308. The van der Waals surface area contributed by atoms with Crippen LogP contribution in [-0.2, 0) is 4.79 Å². The zero-order valence-electron chi connectivity index (χ0n) is 13.6. The molecule has 1 amide bonds. The number of hydrogen-bond acceptors (Lipinski definition) is 4. The summed E-state index contributed by atoms with van der Waals surface area (Å²) < 4.78 is 0. The largest absolute Gasteiger partial charge is 0.387 e. The molecule has 0 saturated carbocycles. The maximum atomic E-state index is 11.9. The van der Waals surface area contributed by atoms with Crippen molar-refractivity contribution in [1.29, 1.82) is 0 Å². The lowest BCUT2D eigenvalue weighted by molar-refractivity contribution is -0.119. The van der Waals surface area contributed by atoms with Crippen LogP contribution >= 0.6 is 11.8 Å². The van der Waals surface area contributed by atoms with Gasteiger partial charge in [0.25, 0.3) is 0 Å². The molecule has 1 unspecified atom stereocenters. The molecule has 4 nitrogen and oxygen atoms in total. The summed E-state index contributed by atoms with van der Waals surface area (Å²) in [5.41, 5.74) is 1.46. The molecular formula is C16H26N2O2S. The first kappa shape index (κ1) is 18.0. The van der Waals surface area contributed by atoms with Crippen LogP contribution in [0.1, 0.15) is 18.1 Å². The topological polar surface area (TPSA) is 52.6 Å². The van der Waals surface area contributed by atoms with E-state index in [4.69, 9.17) is 0 Å². The Morgan fingerprint density at radius 2 is 2.05 bits per heavy atom. The SMILES string of the molecule is Cc1ccc(C)c(SCC(=O)NCC(C)(O)CN(C)C)c1. The van der Waals surface area contributed by atoms with E-state index in [1.54, 1.807) is 6.92 Å². The molecule has 0 spiro atoms. The highest BCUT2D eigenvalue weighted by Gasteiger charge is 2.22. The van der Waals surface area contributed by atoms with E-state index in [1.165, 1.54) is 22.9 Å². The summed E-state index contributed by atoms with van der Waals surface area (Å²) in [5, 5.41) is 12.9. The molecule has 0 aliphatic rings. The molecule has 5 heteroatoms. The summed E-state index contributed by atoms with van der Waals surface area (Å²) >= 11 is 1.53. The molecule has 0 aliphatic heterocycles. The van der Waals surface area contributed by atoms with Crippen molar-refractivity contribution < 1.29 is 9.90 Å². The molecule has 0 fully saturated rings. The molecule has 0 saturated heterocycles. The van der Waals surface area contributed by atoms with E-state index in [9.17, 15) is 9.90 Å². The fourth-order valence-electron chi connectivity index (χ4n) is 2.08. The Kier molecular flexibility index (Phi) is 6.71. The number of nitrogens with one attached hydrogen (secondary N) is 1. The molecule has 0 aromatic heterocycles. The van der Waals surface area contributed by atoms with Gasteiger partial charge in [-0.25, -0.2) is 0 Å². The highest BCUT2D eigenvalue weighted by molar-refractivity contribution is 8.00. The average Bonchev–Trinajstić information content (AvgIpc) is 2.36. The minimum atomic E-state index is -0.914. The Labute approximate surface area is 131 Å². The predicted octanol–water partition coefficient (Wildman–Crippen LogP) is 1.82. The number of aryl methyl sites for hydroxylation is 2. The molecule has 1 rings (SSSR count). The highest BCUT2D eigenvalue weighted by Crippen LogP contribution is 2.23. The number of nitrogens with zero attached hydrogens (tertiary/aromatic N) is 1. The zero-order chi connectivity index (χ0) is 16.0. The van der Waals surface area contributed by atoms with E-state index >= 15 is 0 Å². The first-order valence-electron chi connectivity index (χ1n) is 7.03. The van der Waals surface area contributed by atoms with Crippen molar-refractivity contribution in [3.8, 4) is 0 Å². The molecule has 0 radical (unpaired) electrons. The number of aliphatic hydroxyl groups is 1. The van der Waals surface area contributed by atoms with Crippen molar-refractivity contribution in [3.63, 3.8) is 0 Å². The van der Waals surface area contributed by atoms with Crippen LogP contribution in [0.5, 0.6) is 0 Å². The van der Waals surface area contributed by atoms with Gasteiger partial charge < -0.3 is 15.3 Å². The molecule has 0 heterocycles. The quantitative estimate of drug-likeness (QED) is 0.755. The average molecular weight is 310 g/mol. The van der Waals surface area contributed by atoms with E-state index in [-0.39, 0.29) is 12.5 Å². The summed E-state index contributed by atoms with van der Waals surface area (Å²) in [7, 11) is 3.79. The zero-order valence-corrected chi connectivity index (χ0v) is 14.4. The molecule has 1 atom stereocenters. The summed E-state index contributed by atoms with van der Waals surface area (Å²) in [6, 6.07) is 6.23. The van der Waals surface area contributed by atoms with Crippen molar-refractivity contribution in [3.05, 3.63) is 29.3 Å². The first-order valence-corrected chi connectivity index (χ1v) is 8.02. The maximum Gasteiger partial charge on any atom is 0.230 e. The molecule has 1 aromatic rings. The lowest BCUT2D eigenvalue weighted by Crippen LogP contribution is -2.47. The third-order valence-electron chi connectivity index (χ3n) is 3.03. The van der Waals surface area contributed by atoms with Gasteiger partial charge in [0.2, 0.25) is 5.91 Å². The van der Waals surface area contributed by atoms with Crippen LogP contribution in [0.15, 0.2) is 23.1 Å². The molecule has 1 aromatic carbocycles. The third-order valence-corrected chi connectivity index (χ3v) is 4.18. The maximum absolute atomic E-state index is 11.9. The molecule has 118 valence electrons.